The fourth-order valence-electron chi connectivity index (χ4n) is 4.22. The summed E-state index contributed by atoms with van der Waals surface area (Å²) in [7, 11) is -4.03. The Labute approximate surface area is 252 Å². The summed E-state index contributed by atoms with van der Waals surface area (Å²) in [6.45, 7) is 6.96. The maximum absolute atomic E-state index is 13.6. The van der Waals surface area contributed by atoms with Crippen LogP contribution in [0.4, 0.5) is 11.4 Å². The fourth-order valence-corrected chi connectivity index (χ4v) is 5.63. The Bertz CT molecular complexity index is 1700. The maximum Gasteiger partial charge on any atom is 0.264 e. The van der Waals surface area contributed by atoms with Crippen molar-refractivity contribution in [3.05, 3.63) is 119 Å². The summed E-state index contributed by atoms with van der Waals surface area (Å²) in [4.78, 5) is 25.1. The second-order valence-electron chi connectivity index (χ2n) is 10.2. The number of carbonyl (C=O) groups excluding carboxylic acids is 2. The quantitative estimate of drug-likeness (QED) is 0.180. The molecule has 2 amide bonds. The molecular weight excluding hydrogens is 564 g/mol. The van der Waals surface area contributed by atoms with E-state index in [2.05, 4.69) is 15.8 Å². The lowest BCUT2D eigenvalue weighted by Gasteiger charge is -2.24. The molecule has 0 aliphatic carbocycles. The largest absolute Gasteiger partial charge is 0.484 e. The van der Waals surface area contributed by atoms with Gasteiger partial charge in [-0.2, -0.15) is 5.10 Å². The summed E-state index contributed by atoms with van der Waals surface area (Å²) >= 11 is 0. The summed E-state index contributed by atoms with van der Waals surface area (Å²) in [5.74, 6) is -0.396. The third kappa shape index (κ3) is 8.76. The van der Waals surface area contributed by atoms with Crippen molar-refractivity contribution in [3.8, 4) is 5.75 Å². The summed E-state index contributed by atoms with van der Waals surface area (Å²) in [6, 6.07) is 26.1. The van der Waals surface area contributed by atoms with Crippen molar-refractivity contribution >= 4 is 39.4 Å². The Morgan fingerprint density at radius 2 is 1.35 bits per heavy atom. The molecule has 222 valence electrons. The summed E-state index contributed by atoms with van der Waals surface area (Å²) < 4.78 is 33.8. The Morgan fingerprint density at radius 3 is 1.95 bits per heavy atom. The molecule has 0 saturated carbocycles. The molecule has 4 aromatic carbocycles. The Balaban J connectivity index is 1.37. The number of ether oxygens (including phenoxy) is 1. The second kappa shape index (κ2) is 13.8. The van der Waals surface area contributed by atoms with Crippen LogP contribution in [-0.2, 0) is 19.6 Å². The smallest absolute Gasteiger partial charge is 0.264 e. The van der Waals surface area contributed by atoms with Crippen molar-refractivity contribution in [2.45, 2.75) is 32.6 Å². The van der Waals surface area contributed by atoms with Gasteiger partial charge in [-0.3, -0.25) is 13.9 Å². The molecule has 0 fully saturated rings. The number of anilines is 2. The molecule has 4 aromatic rings. The van der Waals surface area contributed by atoms with Crippen molar-refractivity contribution in [1.29, 1.82) is 0 Å². The number of benzene rings is 4. The van der Waals surface area contributed by atoms with Crippen molar-refractivity contribution in [2.75, 3.05) is 22.8 Å². The summed E-state index contributed by atoms with van der Waals surface area (Å²) in [5, 5.41) is 6.77. The van der Waals surface area contributed by atoms with E-state index in [0.717, 1.165) is 26.6 Å². The van der Waals surface area contributed by atoms with Crippen LogP contribution < -0.4 is 19.8 Å². The molecule has 0 radical (unpaired) electrons. The van der Waals surface area contributed by atoms with Gasteiger partial charge in [0.1, 0.15) is 12.3 Å². The minimum atomic E-state index is -4.03. The van der Waals surface area contributed by atoms with Gasteiger partial charge in [-0.1, -0.05) is 41.5 Å². The number of hydrogen-bond acceptors (Lipinski definition) is 6. The predicted octanol–water partition coefficient (Wildman–Crippen LogP) is 5.28. The minimum absolute atomic E-state index is 0.0866. The molecule has 2 N–H and O–H groups in total. The van der Waals surface area contributed by atoms with E-state index in [9.17, 15) is 18.0 Å². The topological polar surface area (TPSA) is 117 Å². The molecule has 4 rings (SSSR count). The van der Waals surface area contributed by atoms with Crippen LogP contribution in [0.1, 0.15) is 27.8 Å². The molecule has 10 heteroatoms. The number of aryl methyl sites for hydroxylation is 4. The van der Waals surface area contributed by atoms with Crippen LogP contribution in [0.2, 0.25) is 0 Å². The molecular formula is C33H34N4O5S. The first kappa shape index (κ1) is 31.0. The summed E-state index contributed by atoms with van der Waals surface area (Å²) in [6.07, 6.45) is 1.43. The predicted molar refractivity (Wildman–Crippen MR) is 169 cm³/mol. The van der Waals surface area contributed by atoms with Crippen molar-refractivity contribution < 1.29 is 22.7 Å². The van der Waals surface area contributed by atoms with Crippen LogP contribution in [0, 0.1) is 27.7 Å². The average molecular weight is 599 g/mol. The van der Waals surface area contributed by atoms with Gasteiger partial charge in [0.2, 0.25) is 0 Å². The maximum atomic E-state index is 13.6. The zero-order valence-electron chi connectivity index (χ0n) is 24.5. The van der Waals surface area contributed by atoms with Gasteiger partial charge in [0, 0.05) is 5.69 Å². The Morgan fingerprint density at radius 1 is 0.767 bits per heavy atom. The van der Waals surface area contributed by atoms with E-state index in [1.54, 1.807) is 48.5 Å². The van der Waals surface area contributed by atoms with Crippen LogP contribution in [0.25, 0.3) is 0 Å². The van der Waals surface area contributed by atoms with Gasteiger partial charge in [0.25, 0.3) is 21.8 Å². The van der Waals surface area contributed by atoms with Crippen LogP contribution in [0.15, 0.2) is 101 Å². The SMILES string of the molecule is Cc1ccc(NC(=O)COc2ccc(/C=N\NC(=O)CN(c3cc(C)cc(C)c3)S(=O)(=O)c3ccc(C)cc3)cc2)cc1. The van der Waals surface area contributed by atoms with Crippen molar-refractivity contribution in [1.82, 2.24) is 5.43 Å². The van der Waals surface area contributed by atoms with Crippen LogP contribution in [-0.4, -0.2) is 39.6 Å². The van der Waals surface area contributed by atoms with E-state index in [1.807, 2.05) is 58.0 Å². The van der Waals surface area contributed by atoms with Gasteiger partial charge >= 0.3 is 0 Å². The van der Waals surface area contributed by atoms with Gasteiger partial charge in [0.15, 0.2) is 6.61 Å². The number of nitrogens with zero attached hydrogens (tertiary/aromatic N) is 2. The minimum Gasteiger partial charge on any atom is -0.484 e. The van der Waals surface area contributed by atoms with E-state index >= 15 is 0 Å². The number of hydrogen-bond donors (Lipinski definition) is 2. The van der Waals surface area contributed by atoms with Gasteiger partial charge in [-0.15, -0.1) is 0 Å². The highest BCUT2D eigenvalue weighted by atomic mass is 32.2. The van der Waals surface area contributed by atoms with Crippen LogP contribution in [0.3, 0.4) is 0 Å². The van der Waals surface area contributed by atoms with Crippen molar-refractivity contribution in [2.24, 2.45) is 5.10 Å². The van der Waals surface area contributed by atoms with E-state index in [4.69, 9.17) is 4.74 Å². The molecule has 9 nitrogen and oxygen atoms in total. The Hall–Kier alpha value is -4.96. The first-order valence-electron chi connectivity index (χ1n) is 13.6. The zero-order valence-corrected chi connectivity index (χ0v) is 25.3. The molecule has 0 aromatic heterocycles. The lowest BCUT2D eigenvalue weighted by molar-refractivity contribution is -0.119. The van der Waals surface area contributed by atoms with Gasteiger partial charge in [0.05, 0.1) is 16.8 Å². The van der Waals surface area contributed by atoms with Gasteiger partial charge < -0.3 is 10.1 Å². The third-order valence-electron chi connectivity index (χ3n) is 6.38. The standard InChI is InChI=1S/C33H34N4O5S/c1-23-5-11-28(12-6-23)35-33(39)22-42-30-13-9-27(10-14-30)20-34-36-32(38)21-37(29-18-25(3)17-26(4)19-29)43(40,41)31-15-7-24(2)8-16-31/h5-20H,21-22H2,1-4H3,(H,35,39)(H,36,38)/b34-20-. The van der Waals surface area contributed by atoms with E-state index in [1.165, 1.54) is 18.3 Å². The second-order valence-corrected chi connectivity index (χ2v) is 12.1. The molecule has 43 heavy (non-hydrogen) atoms. The highest BCUT2D eigenvalue weighted by molar-refractivity contribution is 7.92. The zero-order chi connectivity index (χ0) is 31.0. The average Bonchev–Trinajstić information content (AvgIpc) is 2.96. The number of nitrogens with one attached hydrogen (secondary N) is 2. The fraction of sp³-hybridized carbons (Fsp3) is 0.182. The molecule has 0 unspecified atom stereocenters. The highest BCUT2D eigenvalue weighted by Gasteiger charge is 2.27. The van der Waals surface area contributed by atoms with E-state index in [0.29, 0.717) is 22.7 Å². The lowest BCUT2D eigenvalue weighted by atomic mass is 10.1. The van der Waals surface area contributed by atoms with Gasteiger partial charge in [-0.25, -0.2) is 13.8 Å². The number of amides is 2. The van der Waals surface area contributed by atoms with Crippen LogP contribution >= 0.6 is 0 Å². The normalized spacial score (nSPS) is 11.3. The first-order chi connectivity index (χ1) is 20.5. The monoisotopic (exact) mass is 598 g/mol. The summed E-state index contributed by atoms with van der Waals surface area (Å²) in [5.41, 5.74) is 7.93. The van der Waals surface area contributed by atoms with E-state index in [-0.39, 0.29) is 17.4 Å². The number of rotatable bonds is 11. The number of hydrazone groups is 1. The van der Waals surface area contributed by atoms with Gasteiger partial charge in [-0.05, 0) is 105 Å². The molecule has 0 aliphatic rings. The molecule has 0 aliphatic heterocycles. The molecule has 0 heterocycles. The first-order valence-corrected chi connectivity index (χ1v) is 15.0. The Kier molecular flexibility index (Phi) is 9.95. The van der Waals surface area contributed by atoms with Crippen LogP contribution in [0.5, 0.6) is 5.75 Å². The molecule has 0 saturated heterocycles. The number of sulfonamides is 1. The highest BCUT2D eigenvalue weighted by Crippen LogP contribution is 2.26. The molecule has 0 spiro atoms. The van der Waals surface area contributed by atoms with Crippen molar-refractivity contribution in [3.63, 3.8) is 0 Å². The lowest BCUT2D eigenvalue weighted by Crippen LogP contribution is -2.39. The molecule has 0 atom stereocenters. The van der Waals surface area contributed by atoms with E-state index < -0.39 is 22.5 Å². The number of carbonyl (C=O) groups is 2. The third-order valence-corrected chi connectivity index (χ3v) is 8.17. The molecule has 0 bridgehead atoms.